The van der Waals surface area contributed by atoms with Gasteiger partial charge in [0.2, 0.25) is 0 Å². The first kappa shape index (κ1) is 72.6. The summed E-state index contributed by atoms with van der Waals surface area (Å²) in [6.07, 6.45) is 84.5. The maximum Gasteiger partial charge on any atom is 0.306 e. The van der Waals surface area contributed by atoms with Crippen molar-refractivity contribution in [2.75, 3.05) is 13.2 Å². The summed E-state index contributed by atoms with van der Waals surface area (Å²) in [6.45, 7) is 6.51. The van der Waals surface area contributed by atoms with Crippen molar-refractivity contribution in [3.05, 3.63) is 85.1 Å². The van der Waals surface area contributed by atoms with E-state index in [4.69, 9.17) is 14.2 Å². The molecule has 438 valence electrons. The van der Waals surface area contributed by atoms with Gasteiger partial charge < -0.3 is 14.2 Å². The number of unbranched alkanes of at least 4 members (excludes halogenated alkanes) is 34. The number of carbonyl (C=O) groups is 3. The monoisotopic (exact) mass is 1060 g/mol. The van der Waals surface area contributed by atoms with Crippen molar-refractivity contribution in [3.63, 3.8) is 0 Å². The molecule has 76 heavy (non-hydrogen) atoms. The molecule has 0 aromatic heterocycles. The number of esters is 3. The smallest absolute Gasteiger partial charge is 0.306 e. The van der Waals surface area contributed by atoms with E-state index >= 15 is 0 Å². The Morgan fingerprint density at radius 1 is 0.276 bits per heavy atom. The second-order valence-corrected chi connectivity index (χ2v) is 21.6. The molecule has 0 aliphatic heterocycles. The molecule has 0 bridgehead atoms. The van der Waals surface area contributed by atoms with Crippen LogP contribution in [-0.4, -0.2) is 37.2 Å². The van der Waals surface area contributed by atoms with Gasteiger partial charge >= 0.3 is 17.9 Å². The minimum atomic E-state index is -0.787. The van der Waals surface area contributed by atoms with Crippen molar-refractivity contribution in [1.82, 2.24) is 0 Å². The first-order chi connectivity index (χ1) is 37.5. The van der Waals surface area contributed by atoms with Crippen molar-refractivity contribution in [2.45, 2.75) is 329 Å². The predicted octanol–water partition coefficient (Wildman–Crippen LogP) is 22.3. The van der Waals surface area contributed by atoms with E-state index in [1.54, 1.807) is 0 Å². The van der Waals surface area contributed by atoms with Crippen LogP contribution >= 0.6 is 0 Å². The summed E-state index contributed by atoms with van der Waals surface area (Å²) in [5.41, 5.74) is 0. The van der Waals surface area contributed by atoms with E-state index in [2.05, 4.69) is 106 Å². The maximum atomic E-state index is 12.9. The number of hydrogen-bond donors (Lipinski definition) is 0. The fourth-order valence-electron chi connectivity index (χ4n) is 9.23. The van der Waals surface area contributed by atoms with Crippen LogP contribution in [-0.2, 0) is 28.6 Å². The zero-order valence-corrected chi connectivity index (χ0v) is 50.3. The van der Waals surface area contributed by atoms with Gasteiger partial charge in [0.1, 0.15) is 13.2 Å². The summed E-state index contributed by atoms with van der Waals surface area (Å²) in [4.78, 5) is 38.3. The molecule has 1 unspecified atom stereocenters. The van der Waals surface area contributed by atoms with Crippen LogP contribution in [0.15, 0.2) is 85.1 Å². The standard InChI is InChI=1S/C70H122O6/c1-4-7-10-13-16-19-22-25-27-29-30-31-32-33-34-35-36-37-38-39-40-41-43-45-48-51-54-57-60-63-69(72)75-66-67(65-74-68(71)62-59-56-53-50-47-44-24-21-18-15-12-9-6-3)76-70(73)64-61-58-55-52-49-46-42-28-26-23-20-17-14-11-8-5-2/h7,10,16,19-21,23-25,27-28,30-31,42,67H,4-6,8-9,11-15,17-18,22,26,29,32-41,43-66H2,1-3H3/b10-7-,19-16-,23-20-,24-21-,27-25-,31-30-,42-28-. The molecule has 0 N–H and O–H groups in total. The molecule has 0 spiro atoms. The van der Waals surface area contributed by atoms with Crippen LogP contribution in [0.2, 0.25) is 0 Å². The Morgan fingerprint density at radius 2 is 0.513 bits per heavy atom. The Kier molecular flexibility index (Phi) is 61.2. The van der Waals surface area contributed by atoms with Crippen LogP contribution < -0.4 is 0 Å². The van der Waals surface area contributed by atoms with Gasteiger partial charge in [-0.2, -0.15) is 0 Å². The van der Waals surface area contributed by atoms with E-state index in [0.29, 0.717) is 19.3 Å². The average Bonchev–Trinajstić information content (AvgIpc) is 3.42. The highest BCUT2D eigenvalue weighted by atomic mass is 16.6. The number of allylic oxidation sites excluding steroid dienone is 14. The van der Waals surface area contributed by atoms with Crippen molar-refractivity contribution in [2.24, 2.45) is 0 Å². The zero-order chi connectivity index (χ0) is 55.0. The SMILES string of the molecule is CC/C=C\C/C=C\C/C=C\C/C=C\CCCCCCCCCCCCCCCCCCC(=O)OCC(COC(=O)CCCCCCC/C=C\CCCCCC)OC(=O)CCCCCCC/C=C\C/C=C\CCCCCC. The molecule has 0 rings (SSSR count). The van der Waals surface area contributed by atoms with Gasteiger partial charge in [-0.1, -0.05) is 273 Å². The maximum absolute atomic E-state index is 12.9. The molecule has 0 saturated carbocycles. The van der Waals surface area contributed by atoms with Gasteiger partial charge in [0, 0.05) is 19.3 Å². The van der Waals surface area contributed by atoms with Crippen LogP contribution in [0.25, 0.3) is 0 Å². The fraction of sp³-hybridized carbons (Fsp3) is 0.757. The molecular formula is C70H122O6. The molecule has 0 amide bonds. The summed E-state index contributed by atoms with van der Waals surface area (Å²) in [5, 5.41) is 0. The number of rotatable bonds is 59. The molecule has 0 aliphatic carbocycles. The Balaban J connectivity index is 4.23. The molecule has 1 atom stereocenters. The molecule has 0 aromatic rings. The van der Waals surface area contributed by atoms with Crippen molar-refractivity contribution >= 4 is 17.9 Å². The van der Waals surface area contributed by atoms with Crippen LogP contribution in [0.4, 0.5) is 0 Å². The highest BCUT2D eigenvalue weighted by molar-refractivity contribution is 5.71. The van der Waals surface area contributed by atoms with E-state index in [1.807, 2.05) is 0 Å². The molecule has 0 heterocycles. The lowest BCUT2D eigenvalue weighted by Gasteiger charge is -2.18. The van der Waals surface area contributed by atoms with Crippen molar-refractivity contribution in [3.8, 4) is 0 Å². The summed E-state index contributed by atoms with van der Waals surface area (Å²) >= 11 is 0. The van der Waals surface area contributed by atoms with Crippen LogP contribution in [0, 0.1) is 0 Å². The van der Waals surface area contributed by atoms with Gasteiger partial charge in [-0.25, -0.2) is 0 Å². The minimum Gasteiger partial charge on any atom is -0.462 e. The van der Waals surface area contributed by atoms with Gasteiger partial charge in [-0.05, 0) is 116 Å². The third-order valence-corrected chi connectivity index (χ3v) is 14.1. The Morgan fingerprint density at radius 3 is 0.816 bits per heavy atom. The van der Waals surface area contributed by atoms with E-state index in [-0.39, 0.29) is 31.1 Å². The summed E-state index contributed by atoms with van der Waals surface area (Å²) in [5.74, 6) is -0.892. The summed E-state index contributed by atoms with van der Waals surface area (Å²) in [7, 11) is 0. The largest absolute Gasteiger partial charge is 0.462 e. The first-order valence-electron chi connectivity index (χ1n) is 32.6. The van der Waals surface area contributed by atoms with Gasteiger partial charge in [-0.15, -0.1) is 0 Å². The van der Waals surface area contributed by atoms with E-state index in [1.165, 1.54) is 167 Å². The molecule has 0 aromatic carbocycles. The molecule has 6 nitrogen and oxygen atoms in total. The minimum absolute atomic E-state index is 0.0823. The zero-order valence-electron chi connectivity index (χ0n) is 50.3. The molecule has 6 heteroatoms. The van der Waals surface area contributed by atoms with Crippen molar-refractivity contribution < 1.29 is 28.6 Å². The lowest BCUT2D eigenvalue weighted by atomic mass is 10.0. The Labute approximate surface area is 471 Å². The second kappa shape index (κ2) is 64.1. The van der Waals surface area contributed by atoms with E-state index < -0.39 is 6.10 Å². The lowest BCUT2D eigenvalue weighted by Crippen LogP contribution is -2.30. The van der Waals surface area contributed by atoms with E-state index in [9.17, 15) is 14.4 Å². The summed E-state index contributed by atoms with van der Waals surface area (Å²) in [6, 6.07) is 0. The van der Waals surface area contributed by atoms with Crippen LogP contribution in [0.3, 0.4) is 0 Å². The first-order valence-corrected chi connectivity index (χ1v) is 32.6. The highest BCUT2D eigenvalue weighted by Gasteiger charge is 2.19. The molecule has 0 fully saturated rings. The number of ether oxygens (including phenoxy) is 3. The van der Waals surface area contributed by atoms with Gasteiger partial charge in [0.15, 0.2) is 6.10 Å². The highest BCUT2D eigenvalue weighted by Crippen LogP contribution is 2.16. The van der Waals surface area contributed by atoms with Gasteiger partial charge in [0.25, 0.3) is 0 Å². The Hall–Kier alpha value is -3.41. The molecular weight excluding hydrogens is 937 g/mol. The fourth-order valence-corrected chi connectivity index (χ4v) is 9.23. The Bertz CT molecular complexity index is 1450. The second-order valence-electron chi connectivity index (χ2n) is 21.6. The lowest BCUT2D eigenvalue weighted by molar-refractivity contribution is -0.167. The molecule has 0 saturated heterocycles. The van der Waals surface area contributed by atoms with Crippen molar-refractivity contribution in [1.29, 1.82) is 0 Å². The van der Waals surface area contributed by atoms with Crippen LogP contribution in [0.5, 0.6) is 0 Å². The van der Waals surface area contributed by atoms with Gasteiger partial charge in [0.05, 0.1) is 0 Å². The van der Waals surface area contributed by atoms with E-state index in [0.717, 1.165) is 116 Å². The third kappa shape index (κ3) is 61.4. The van der Waals surface area contributed by atoms with Crippen LogP contribution in [0.1, 0.15) is 323 Å². The average molecular weight is 1060 g/mol. The normalized spacial score (nSPS) is 12.6. The number of carbonyl (C=O) groups excluding carboxylic acids is 3. The summed E-state index contributed by atoms with van der Waals surface area (Å²) < 4.78 is 16.9. The number of hydrogen-bond acceptors (Lipinski definition) is 6. The predicted molar refractivity (Wildman–Crippen MR) is 330 cm³/mol. The molecule has 0 aliphatic rings. The topological polar surface area (TPSA) is 78.9 Å². The van der Waals surface area contributed by atoms with Gasteiger partial charge in [-0.3, -0.25) is 14.4 Å². The molecule has 0 radical (unpaired) electrons. The quantitative estimate of drug-likeness (QED) is 0.0261. The third-order valence-electron chi connectivity index (χ3n) is 14.1.